The third kappa shape index (κ3) is 6.07. The number of hydrogen-bond acceptors (Lipinski definition) is 5. The van der Waals surface area contributed by atoms with Gasteiger partial charge >= 0.3 is 11.9 Å². The molecule has 0 amide bonds. The second-order valence-electron chi connectivity index (χ2n) is 6.35. The second kappa shape index (κ2) is 9.68. The first kappa shape index (κ1) is 20.4. The van der Waals surface area contributed by atoms with Gasteiger partial charge in [0, 0.05) is 30.3 Å². The summed E-state index contributed by atoms with van der Waals surface area (Å²) < 4.78 is 5.57. The van der Waals surface area contributed by atoms with E-state index in [0.717, 1.165) is 43.1 Å². The number of aryl methyl sites for hydroxylation is 1. The van der Waals surface area contributed by atoms with Crippen molar-refractivity contribution >= 4 is 17.5 Å². The van der Waals surface area contributed by atoms with Crippen molar-refractivity contribution in [3.63, 3.8) is 0 Å². The largest absolute Gasteiger partial charge is 0.473 e. The monoisotopic (exact) mass is 372 g/mol. The van der Waals surface area contributed by atoms with Gasteiger partial charge in [-0.15, -0.1) is 0 Å². The van der Waals surface area contributed by atoms with Crippen LogP contribution in [0.4, 0.5) is 0 Å². The van der Waals surface area contributed by atoms with E-state index >= 15 is 0 Å². The second-order valence-corrected chi connectivity index (χ2v) is 6.35. The molecule has 0 bridgehead atoms. The molecule has 2 heterocycles. The van der Waals surface area contributed by atoms with Gasteiger partial charge in [-0.3, -0.25) is 4.90 Å². The molecule has 0 spiro atoms. The van der Waals surface area contributed by atoms with Crippen LogP contribution in [0.1, 0.15) is 31.1 Å². The minimum absolute atomic E-state index is 0.909. The van der Waals surface area contributed by atoms with Crippen molar-refractivity contribution in [3.8, 4) is 11.3 Å². The lowest BCUT2D eigenvalue weighted by Gasteiger charge is -2.25. The summed E-state index contributed by atoms with van der Waals surface area (Å²) in [5.74, 6) is -2.74. The summed E-state index contributed by atoms with van der Waals surface area (Å²) >= 11 is 0. The van der Waals surface area contributed by atoms with Crippen molar-refractivity contribution in [2.45, 2.75) is 26.7 Å². The van der Waals surface area contributed by atoms with Crippen LogP contribution in [-0.4, -0.2) is 51.8 Å². The summed E-state index contributed by atoms with van der Waals surface area (Å²) in [7, 11) is 0. The summed E-state index contributed by atoms with van der Waals surface area (Å²) in [4.78, 5) is 20.7. The van der Waals surface area contributed by atoms with E-state index in [-0.39, 0.29) is 0 Å². The summed E-state index contributed by atoms with van der Waals surface area (Å²) in [5, 5.41) is 19.0. The van der Waals surface area contributed by atoms with Crippen LogP contribution in [0.25, 0.3) is 16.8 Å². The van der Waals surface area contributed by atoms with Crippen molar-refractivity contribution in [2.24, 2.45) is 0 Å². The van der Waals surface area contributed by atoms with Crippen LogP contribution in [0.5, 0.6) is 0 Å². The maximum absolute atomic E-state index is 9.10. The predicted octanol–water partition coefficient (Wildman–Crippen LogP) is 3.30. The number of hydrogen-bond donors (Lipinski definition) is 2. The van der Waals surface area contributed by atoms with Crippen LogP contribution < -0.4 is 0 Å². The van der Waals surface area contributed by atoms with Crippen LogP contribution in [0.2, 0.25) is 0 Å². The van der Waals surface area contributed by atoms with E-state index in [1.54, 1.807) is 0 Å². The van der Waals surface area contributed by atoms with Gasteiger partial charge in [0.25, 0.3) is 0 Å². The van der Waals surface area contributed by atoms with Crippen LogP contribution in [0, 0.1) is 6.92 Å². The Morgan fingerprint density at radius 1 is 1.19 bits per heavy atom. The van der Waals surface area contributed by atoms with E-state index in [1.165, 1.54) is 17.6 Å². The van der Waals surface area contributed by atoms with Gasteiger partial charge in [-0.1, -0.05) is 48.0 Å². The van der Waals surface area contributed by atoms with E-state index in [4.69, 9.17) is 24.3 Å². The van der Waals surface area contributed by atoms with E-state index < -0.39 is 11.9 Å². The molecule has 2 aromatic rings. The lowest BCUT2D eigenvalue weighted by molar-refractivity contribution is -0.159. The normalized spacial score (nSPS) is 14.1. The molecule has 1 aromatic heterocycles. The molecule has 0 saturated carbocycles. The third-order valence-corrected chi connectivity index (χ3v) is 4.13. The molecular weight excluding hydrogens is 348 g/mol. The van der Waals surface area contributed by atoms with Crippen molar-refractivity contribution in [1.82, 2.24) is 10.1 Å². The Morgan fingerprint density at radius 2 is 1.85 bits per heavy atom. The lowest BCUT2D eigenvalue weighted by atomic mass is 10.1. The third-order valence-electron chi connectivity index (χ3n) is 4.13. The molecule has 1 aliphatic heterocycles. The van der Waals surface area contributed by atoms with E-state index in [9.17, 15) is 0 Å². The Hall–Kier alpha value is -2.93. The molecule has 7 heteroatoms. The van der Waals surface area contributed by atoms with Crippen LogP contribution >= 0.6 is 0 Å². The number of aromatic nitrogens is 1. The highest BCUT2D eigenvalue weighted by Crippen LogP contribution is 2.26. The fourth-order valence-corrected chi connectivity index (χ4v) is 2.78. The van der Waals surface area contributed by atoms with Gasteiger partial charge in [-0.25, -0.2) is 9.59 Å². The molecule has 144 valence electrons. The van der Waals surface area contributed by atoms with Crippen molar-refractivity contribution in [2.75, 3.05) is 19.6 Å². The Kier molecular flexibility index (Phi) is 7.31. The minimum Gasteiger partial charge on any atom is -0.473 e. The highest BCUT2D eigenvalue weighted by Gasteiger charge is 2.17. The molecule has 0 unspecified atom stereocenters. The zero-order valence-corrected chi connectivity index (χ0v) is 15.5. The van der Waals surface area contributed by atoms with Gasteiger partial charge in [-0.05, 0) is 26.3 Å². The van der Waals surface area contributed by atoms with E-state index in [0.29, 0.717) is 0 Å². The number of carboxylic acids is 2. The number of carbonyl (C=O) groups is 2. The van der Waals surface area contributed by atoms with Gasteiger partial charge in [0.2, 0.25) is 0 Å². The number of benzene rings is 1. The van der Waals surface area contributed by atoms with Gasteiger partial charge in [-0.2, -0.15) is 0 Å². The molecule has 2 N–H and O–H groups in total. The summed E-state index contributed by atoms with van der Waals surface area (Å²) in [6.07, 6.45) is 4.57. The standard InChI is InChI=1S/C18H22N2O.C2H2O4/c1-3-10-20-11-4-5-16(13-20)18-12-17(19-21-18)15-8-6-14(2)7-9-15;3-1(4)2(5)6/h5-9,12H,3-4,10-11,13H2,1-2H3;(H,3,4)(H,5,6). The van der Waals surface area contributed by atoms with Crippen molar-refractivity contribution in [1.29, 1.82) is 0 Å². The average Bonchev–Trinajstić information content (AvgIpc) is 3.13. The summed E-state index contributed by atoms with van der Waals surface area (Å²) in [5.41, 5.74) is 4.55. The SMILES string of the molecule is CCCN1CCC=C(c2cc(-c3ccc(C)cc3)no2)C1.O=C(O)C(=O)O. The number of carboxylic acid groups (broad SMARTS) is 2. The Bertz CT molecular complexity index is 796. The van der Waals surface area contributed by atoms with E-state index in [2.05, 4.69) is 60.3 Å². The smallest absolute Gasteiger partial charge is 0.414 e. The quantitative estimate of drug-likeness (QED) is 0.794. The minimum atomic E-state index is -1.82. The zero-order valence-electron chi connectivity index (χ0n) is 15.5. The first-order valence-electron chi connectivity index (χ1n) is 8.82. The zero-order chi connectivity index (χ0) is 19.8. The van der Waals surface area contributed by atoms with Crippen LogP contribution in [0.3, 0.4) is 0 Å². The average molecular weight is 372 g/mol. The molecule has 1 aromatic carbocycles. The summed E-state index contributed by atoms with van der Waals surface area (Å²) in [6.45, 7) is 7.58. The molecule has 3 rings (SSSR count). The van der Waals surface area contributed by atoms with Crippen LogP contribution in [0.15, 0.2) is 40.9 Å². The Morgan fingerprint density at radius 3 is 2.44 bits per heavy atom. The Labute approximate surface area is 157 Å². The first-order valence-corrected chi connectivity index (χ1v) is 8.82. The molecule has 0 aliphatic carbocycles. The molecule has 0 atom stereocenters. The molecule has 0 saturated heterocycles. The first-order chi connectivity index (χ1) is 12.9. The molecule has 0 fully saturated rings. The maximum Gasteiger partial charge on any atom is 0.414 e. The highest BCUT2D eigenvalue weighted by molar-refractivity contribution is 6.27. The van der Waals surface area contributed by atoms with E-state index in [1.807, 2.05) is 0 Å². The maximum atomic E-state index is 9.10. The van der Waals surface area contributed by atoms with Gasteiger partial charge in [0.15, 0.2) is 5.76 Å². The molecule has 27 heavy (non-hydrogen) atoms. The van der Waals surface area contributed by atoms with Gasteiger partial charge in [0.1, 0.15) is 5.69 Å². The number of rotatable bonds is 4. The number of nitrogens with zero attached hydrogens (tertiary/aromatic N) is 2. The molecule has 0 radical (unpaired) electrons. The number of aliphatic carboxylic acids is 2. The molecule has 7 nitrogen and oxygen atoms in total. The highest BCUT2D eigenvalue weighted by atomic mass is 16.5. The van der Waals surface area contributed by atoms with Gasteiger partial charge in [0.05, 0.1) is 0 Å². The van der Waals surface area contributed by atoms with Gasteiger partial charge < -0.3 is 14.7 Å². The lowest BCUT2D eigenvalue weighted by Crippen LogP contribution is -2.30. The molecule has 1 aliphatic rings. The fraction of sp³-hybridized carbons (Fsp3) is 0.350. The van der Waals surface area contributed by atoms with Crippen molar-refractivity contribution in [3.05, 3.63) is 47.7 Å². The predicted molar refractivity (Wildman–Crippen MR) is 101 cm³/mol. The summed E-state index contributed by atoms with van der Waals surface area (Å²) in [6, 6.07) is 10.5. The Balaban J connectivity index is 0.000000380. The van der Waals surface area contributed by atoms with Crippen LogP contribution in [-0.2, 0) is 9.59 Å². The van der Waals surface area contributed by atoms with Crippen molar-refractivity contribution < 1.29 is 24.3 Å². The fourth-order valence-electron chi connectivity index (χ4n) is 2.78. The molecular formula is C20H24N2O5. The topological polar surface area (TPSA) is 104 Å².